The Balaban J connectivity index is 2.37. The minimum atomic E-state index is -0.588. The Hall–Kier alpha value is -1.91. The fraction of sp³-hybridized carbons (Fsp3) is 0.182. The maximum absolute atomic E-state index is 13.0. The van der Waals surface area contributed by atoms with E-state index in [1.165, 1.54) is 18.5 Å². The summed E-state index contributed by atoms with van der Waals surface area (Å²) >= 11 is 0. The molecule has 1 heterocycles. The number of anilines is 1. The predicted molar refractivity (Wildman–Crippen MR) is 56.8 cm³/mol. The predicted octanol–water partition coefficient (Wildman–Crippen LogP) is 2.35. The Kier molecular flexibility index (Phi) is 2.60. The molecule has 2 rings (SSSR count). The van der Waals surface area contributed by atoms with E-state index in [4.69, 9.17) is 5.73 Å². The molecule has 0 aliphatic carbocycles. The van der Waals surface area contributed by atoms with Gasteiger partial charge in [-0.1, -0.05) is 0 Å². The smallest absolute Gasteiger partial charge is 0.141 e. The molecule has 0 amide bonds. The fourth-order valence-corrected chi connectivity index (χ4v) is 1.55. The molecule has 1 atom stereocenters. The van der Waals surface area contributed by atoms with E-state index in [1.54, 1.807) is 10.8 Å². The summed E-state index contributed by atoms with van der Waals surface area (Å²) < 4.78 is 27.7. The first kappa shape index (κ1) is 10.6. The van der Waals surface area contributed by atoms with Crippen molar-refractivity contribution in [1.82, 2.24) is 9.55 Å². The van der Waals surface area contributed by atoms with Gasteiger partial charge in [-0.25, -0.2) is 13.8 Å². The Morgan fingerprint density at radius 2 is 1.88 bits per heavy atom. The third-order valence-corrected chi connectivity index (χ3v) is 2.44. The van der Waals surface area contributed by atoms with E-state index in [9.17, 15) is 8.78 Å². The van der Waals surface area contributed by atoms with Gasteiger partial charge in [0.1, 0.15) is 17.5 Å². The number of aromatic nitrogens is 2. The largest absolute Gasteiger partial charge is 0.382 e. The van der Waals surface area contributed by atoms with Crippen molar-refractivity contribution in [2.45, 2.75) is 13.0 Å². The minimum Gasteiger partial charge on any atom is -0.382 e. The summed E-state index contributed by atoms with van der Waals surface area (Å²) in [7, 11) is 0. The highest BCUT2D eigenvalue weighted by molar-refractivity contribution is 5.26. The molecule has 2 aromatic rings. The number of halogens is 2. The fourth-order valence-electron chi connectivity index (χ4n) is 1.55. The zero-order valence-corrected chi connectivity index (χ0v) is 8.69. The topological polar surface area (TPSA) is 43.8 Å². The molecule has 5 heteroatoms. The first-order valence-corrected chi connectivity index (χ1v) is 4.81. The van der Waals surface area contributed by atoms with E-state index in [0.717, 1.165) is 6.07 Å². The van der Waals surface area contributed by atoms with Crippen LogP contribution in [0.5, 0.6) is 0 Å². The van der Waals surface area contributed by atoms with E-state index in [2.05, 4.69) is 4.98 Å². The molecule has 3 nitrogen and oxygen atoms in total. The molecule has 16 heavy (non-hydrogen) atoms. The highest BCUT2D eigenvalue weighted by Crippen LogP contribution is 2.20. The molecular formula is C11H11F2N3. The van der Waals surface area contributed by atoms with Crippen molar-refractivity contribution < 1.29 is 8.78 Å². The average Bonchev–Trinajstić information content (AvgIpc) is 2.62. The third kappa shape index (κ3) is 2.03. The second-order valence-electron chi connectivity index (χ2n) is 3.62. The van der Waals surface area contributed by atoms with Crippen molar-refractivity contribution in [3.8, 4) is 0 Å². The van der Waals surface area contributed by atoms with Crippen molar-refractivity contribution in [2.75, 3.05) is 5.73 Å². The Morgan fingerprint density at radius 1 is 1.25 bits per heavy atom. The quantitative estimate of drug-likeness (QED) is 0.849. The van der Waals surface area contributed by atoms with Gasteiger partial charge in [0.25, 0.3) is 0 Å². The number of rotatable bonds is 2. The molecule has 0 aliphatic heterocycles. The van der Waals surface area contributed by atoms with Crippen LogP contribution in [0, 0.1) is 11.6 Å². The summed E-state index contributed by atoms with van der Waals surface area (Å²) in [5.41, 5.74) is 6.01. The first-order chi connectivity index (χ1) is 7.56. The standard InChI is InChI=1S/C11H11F2N3/c1-7(16-5-11(14)15-6-16)8-2-9(12)4-10(13)3-8/h2-7H,14H2,1H3. The van der Waals surface area contributed by atoms with Crippen molar-refractivity contribution in [2.24, 2.45) is 0 Å². The summed E-state index contributed by atoms with van der Waals surface area (Å²) in [5, 5.41) is 0. The van der Waals surface area contributed by atoms with Crippen molar-refractivity contribution in [1.29, 1.82) is 0 Å². The summed E-state index contributed by atoms with van der Waals surface area (Å²) in [6, 6.07) is 3.22. The molecule has 2 N–H and O–H groups in total. The molecule has 0 aliphatic rings. The van der Waals surface area contributed by atoms with Gasteiger partial charge in [0, 0.05) is 12.3 Å². The van der Waals surface area contributed by atoms with Gasteiger partial charge in [0.05, 0.1) is 12.4 Å². The average molecular weight is 223 g/mol. The highest BCUT2D eigenvalue weighted by Gasteiger charge is 2.10. The van der Waals surface area contributed by atoms with Crippen LogP contribution < -0.4 is 5.73 Å². The van der Waals surface area contributed by atoms with Gasteiger partial charge in [-0.3, -0.25) is 0 Å². The van der Waals surface area contributed by atoms with Gasteiger partial charge in [-0.15, -0.1) is 0 Å². The lowest BCUT2D eigenvalue weighted by Crippen LogP contribution is -2.05. The van der Waals surface area contributed by atoms with E-state index in [1.807, 2.05) is 6.92 Å². The Labute approximate surface area is 91.5 Å². The lowest BCUT2D eigenvalue weighted by atomic mass is 10.1. The van der Waals surface area contributed by atoms with Gasteiger partial charge < -0.3 is 10.3 Å². The van der Waals surface area contributed by atoms with Crippen LogP contribution in [-0.4, -0.2) is 9.55 Å². The van der Waals surface area contributed by atoms with Crippen LogP contribution in [0.3, 0.4) is 0 Å². The second-order valence-corrected chi connectivity index (χ2v) is 3.62. The summed E-state index contributed by atoms with van der Waals surface area (Å²) in [4.78, 5) is 3.86. The Bertz CT molecular complexity index is 487. The van der Waals surface area contributed by atoms with Gasteiger partial charge in [0.2, 0.25) is 0 Å². The van der Waals surface area contributed by atoms with Crippen LogP contribution in [0.4, 0.5) is 14.6 Å². The van der Waals surface area contributed by atoms with Gasteiger partial charge in [0.15, 0.2) is 0 Å². The molecule has 0 radical (unpaired) electrons. The molecule has 1 aromatic heterocycles. The van der Waals surface area contributed by atoms with E-state index in [-0.39, 0.29) is 6.04 Å². The SMILES string of the molecule is CC(c1cc(F)cc(F)c1)n1cnc(N)c1. The summed E-state index contributed by atoms with van der Waals surface area (Å²) in [5.74, 6) is -0.798. The molecule has 0 bridgehead atoms. The van der Waals surface area contributed by atoms with E-state index >= 15 is 0 Å². The maximum atomic E-state index is 13.0. The first-order valence-electron chi connectivity index (χ1n) is 4.81. The zero-order chi connectivity index (χ0) is 11.7. The van der Waals surface area contributed by atoms with E-state index < -0.39 is 11.6 Å². The van der Waals surface area contributed by atoms with Gasteiger partial charge in [-0.2, -0.15) is 0 Å². The molecule has 84 valence electrons. The molecule has 0 saturated carbocycles. The van der Waals surface area contributed by atoms with Crippen LogP contribution in [0.1, 0.15) is 18.5 Å². The van der Waals surface area contributed by atoms with Crippen molar-refractivity contribution >= 4 is 5.82 Å². The van der Waals surface area contributed by atoms with Crippen LogP contribution in [0.2, 0.25) is 0 Å². The normalized spacial score (nSPS) is 12.7. The number of hydrogen-bond acceptors (Lipinski definition) is 2. The van der Waals surface area contributed by atoms with Crippen LogP contribution >= 0.6 is 0 Å². The minimum absolute atomic E-state index is 0.213. The summed E-state index contributed by atoms with van der Waals surface area (Å²) in [6.45, 7) is 1.81. The number of benzene rings is 1. The zero-order valence-electron chi connectivity index (χ0n) is 8.69. The molecule has 0 spiro atoms. The second kappa shape index (κ2) is 3.92. The maximum Gasteiger partial charge on any atom is 0.141 e. The van der Waals surface area contributed by atoms with Gasteiger partial charge in [-0.05, 0) is 24.6 Å². The number of nitrogens with two attached hydrogens (primary N) is 1. The lowest BCUT2D eigenvalue weighted by Gasteiger charge is -2.13. The lowest BCUT2D eigenvalue weighted by molar-refractivity contribution is 0.564. The number of nitrogen functional groups attached to an aromatic ring is 1. The summed E-state index contributed by atoms with van der Waals surface area (Å²) in [6.07, 6.45) is 3.15. The number of nitrogens with zero attached hydrogens (tertiary/aromatic N) is 2. The van der Waals surface area contributed by atoms with E-state index in [0.29, 0.717) is 11.4 Å². The number of hydrogen-bond donors (Lipinski definition) is 1. The Morgan fingerprint density at radius 3 is 2.38 bits per heavy atom. The van der Waals surface area contributed by atoms with Crippen LogP contribution in [0.25, 0.3) is 0 Å². The molecule has 1 aromatic carbocycles. The van der Waals surface area contributed by atoms with Gasteiger partial charge >= 0.3 is 0 Å². The highest BCUT2D eigenvalue weighted by atomic mass is 19.1. The molecule has 0 fully saturated rings. The number of imidazole rings is 1. The van der Waals surface area contributed by atoms with Crippen LogP contribution in [0.15, 0.2) is 30.7 Å². The molecule has 1 unspecified atom stereocenters. The molecular weight excluding hydrogens is 212 g/mol. The molecule has 0 saturated heterocycles. The van der Waals surface area contributed by atoms with Crippen molar-refractivity contribution in [3.63, 3.8) is 0 Å². The van der Waals surface area contributed by atoms with Crippen molar-refractivity contribution in [3.05, 3.63) is 47.9 Å². The third-order valence-electron chi connectivity index (χ3n) is 2.44. The van der Waals surface area contributed by atoms with Crippen LogP contribution in [-0.2, 0) is 0 Å². The monoisotopic (exact) mass is 223 g/mol.